The van der Waals surface area contributed by atoms with Gasteiger partial charge in [0.25, 0.3) is 5.91 Å². The molecule has 5 heteroatoms. The molecule has 0 saturated carbocycles. The lowest BCUT2D eigenvalue weighted by atomic mass is 9.96. The van der Waals surface area contributed by atoms with Crippen molar-refractivity contribution in [2.45, 2.75) is 18.9 Å². The third kappa shape index (κ3) is 2.49. The van der Waals surface area contributed by atoms with Gasteiger partial charge in [0.15, 0.2) is 0 Å². The first-order valence-corrected chi connectivity index (χ1v) is 8.18. The number of halogens is 1. The van der Waals surface area contributed by atoms with E-state index in [1.807, 2.05) is 18.2 Å². The smallest absolute Gasteiger partial charge is 0.251 e. The van der Waals surface area contributed by atoms with Crippen LogP contribution in [0.3, 0.4) is 0 Å². The molecular formula is C16H17BrN2O2. The second-order valence-corrected chi connectivity index (χ2v) is 6.97. The van der Waals surface area contributed by atoms with Crippen LogP contribution in [0.1, 0.15) is 23.2 Å². The van der Waals surface area contributed by atoms with Gasteiger partial charge < -0.3 is 14.6 Å². The van der Waals surface area contributed by atoms with Gasteiger partial charge in [0.2, 0.25) is 0 Å². The Balaban J connectivity index is 1.52. The maximum atomic E-state index is 12.4. The fourth-order valence-electron chi connectivity index (χ4n) is 3.57. The molecule has 2 bridgehead atoms. The fraction of sp³-hybridized carbons (Fsp3) is 0.438. The molecule has 110 valence electrons. The Morgan fingerprint density at radius 2 is 2.29 bits per heavy atom. The van der Waals surface area contributed by atoms with Crippen LogP contribution in [0.5, 0.6) is 0 Å². The zero-order chi connectivity index (χ0) is 14.4. The molecule has 1 aromatic carbocycles. The molecule has 0 radical (unpaired) electrons. The van der Waals surface area contributed by atoms with Gasteiger partial charge in [0, 0.05) is 30.1 Å². The van der Waals surface area contributed by atoms with E-state index in [2.05, 4.69) is 26.1 Å². The molecule has 1 unspecified atom stereocenters. The molecule has 2 aromatic rings. The Morgan fingerprint density at radius 1 is 1.38 bits per heavy atom. The fourth-order valence-corrected chi connectivity index (χ4v) is 3.98. The van der Waals surface area contributed by atoms with Crippen LogP contribution in [0.2, 0.25) is 0 Å². The summed E-state index contributed by atoms with van der Waals surface area (Å²) in [5, 5.41) is 4.13. The van der Waals surface area contributed by atoms with Gasteiger partial charge in [-0.15, -0.1) is 0 Å². The molecule has 1 N–H and O–H groups in total. The SMILES string of the molecule is O=C(N[C@@H]1C[C@@H]2CCN(C2)C1)c1ccc2occ(Br)c2c1. The zero-order valence-corrected chi connectivity index (χ0v) is 13.2. The van der Waals surface area contributed by atoms with Crippen molar-refractivity contribution in [3.05, 3.63) is 34.5 Å². The molecule has 4 rings (SSSR count). The quantitative estimate of drug-likeness (QED) is 0.907. The molecule has 0 aliphatic carbocycles. The molecule has 3 atom stereocenters. The van der Waals surface area contributed by atoms with E-state index in [1.54, 1.807) is 6.26 Å². The standard InChI is InChI=1S/C16H17BrN2O2/c17-14-9-21-15-2-1-11(6-13(14)15)16(20)18-12-5-10-3-4-19(7-10)8-12/h1-2,6,9-10,12H,3-5,7-8H2,(H,18,20)/t10-,12+/m0/s1. The molecule has 2 fully saturated rings. The minimum Gasteiger partial charge on any atom is -0.463 e. The van der Waals surface area contributed by atoms with Gasteiger partial charge in [-0.3, -0.25) is 4.79 Å². The number of carbonyl (C=O) groups is 1. The van der Waals surface area contributed by atoms with Crippen LogP contribution < -0.4 is 5.32 Å². The topological polar surface area (TPSA) is 45.5 Å². The van der Waals surface area contributed by atoms with Crippen molar-refractivity contribution >= 4 is 32.8 Å². The maximum absolute atomic E-state index is 12.4. The summed E-state index contributed by atoms with van der Waals surface area (Å²) in [6, 6.07) is 5.84. The van der Waals surface area contributed by atoms with E-state index < -0.39 is 0 Å². The van der Waals surface area contributed by atoms with Crippen LogP contribution in [-0.2, 0) is 0 Å². The van der Waals surface area contributed by atoms with Crippen molar-refractivity contribution in [3.8, 4) is 0 Å². The van der Waals surface area contributed by atoms with E-state index in [0.29, 0.717) is 5.56 Å². The number of amides is 1. The summed E-state index contributed by atoms with van der Waals surface area (Å²) in [7, 11) is 0. The van der Waals surface area contributed by atoms with Crippen LogP contribution in [0.25, 0.3) is 11.0 Å². The van der Waals surface area contributed by atoms with E-state index in [1.165, 1.54) is 19.5 Å². The predicted molar refractivity (Wildman–Crippen MR) is 84.3 cm³/mol. The summed E-state index contributed by atoms with van der Waals surface area (Å²) in [6.07, 6.45) is 4.04. The van der Waals surface area contributed by atoms with Gasteiger partial charge in [0.05, 0.1) is 4.47 Å². The number of fused-ring (bicyclic) bond motifs is 3. The third-order valence-electron chi connectivity index (χ3n) is 4.59. The number of nitrogens with one attached hydrogen (secondary N) is 1. The predicted octanol–water partition coefficient (Wildman–Crippen LogP) is 3.02. The summed E-state index contributed by atoms with van der Waals surface area (Å²) >= 11 is 3.44. The van der Waals surface area contributed by atoms with E-state index in [4.69, 9.17) is 4.42 Å². The van der Waals surface area contributed by atoms with Crippen molar-refractivity contribution in [2.24, 2.45) is 5.92 Å². The number of nitrogens with zero attached hydrogens (tertiary/aromatic N) is 1. The van der Waals surface area contributed by atoms with Crippen molar-refractivity contribution < 1.29 is 9.21 Å². The number of carbonyl (C=O) groups excluding carboxylic acids is 1. The number of furan rings is 1. The number of benzene rings is 1. The largest absolute Gasteiger partial charge is 0.463 e. The van der Waals surface area contributed by atoms with Gasteiger partial charge in [-0.05, 0) is 59.4 Å². The number of rotatable bonds is 2. The molecule has 1 amide bonds. The minimum absolute atomic E-state index is 0.0116. The molecular weight excluding hydrogens is 332 g/mol. The van der Waals surface area contributed by atoms with Crippen LogP contribution in [0.15, 0.2) is 33.4 Å². The van der Waals surface area contributed by atoms with E-state index in [0.717, 1.165) is 34.3 Å². The Kier molecular flexibility index (Phi) is 3.27. The Hall–Kier alpha value is -1.33. The minimum atomic E-state index is 0.0116. The van der Waals surface area contributed by atoms with Gasteiger partial charge in [0.1, 0.15) is 11.8 Å². The molecule has 0 spiro atoms. The van der Waals surface area contributed by atoms with Crippen molar-refractivity contribution in [3.63, 3.8) is 0 Å². The second-order valence-electron chi connectivity index (χ2n) is 6.11. The van der Waals surface area contributed by atoms with Crippen LogP contribution in [0.4, 0.5) is 0 Å². The molecule has 2 aliphatic rings. The summed E-state index contributed by atoms with van der Waals surface area (Å²) in [4.78, 5) is 14.9. The first kappa shape index (κ1) is 13.3. The van der Waals surface area contributed by atoms with Crippen LogP contribution in [0, 0.1) is 5.92 Å². The Labute approximate surface area is 131 Å². The highest BCUT2D eigenvalue weighted by molar-refractivity contribution is 9.10. The number of piperidine rings is 1. The number of hydrogen-bond donors (Lipinski definition) is 1. The Morgan fingerprint density at radius 3 is 3.14 bits per heavy atom. The molecule has 4 nitrogen and oxygen atoms in total. The average molecular weight is 349 g/mol. The molecule has 1 aromatic heterocycles. The van der Waals surface area contributed by atoms with Crippen LogP contribution in [-0.4, -0.2) is 36.5 Å². The van der Waals surface area contributed by atoms with Gasteiger partial charge in [-0.25, -0.2) is 0 Å². The first-order chi connectivity index (χ1) is 10.2. The lowest BCUT2D eigenvalue weighted by Gasteiger charge is -2.30. The lowest BCUT2D eigenvalue weighted by molar-refractivity contribution is 0.0909. The van der Waals surface area contributed by atoms with Crippen LogP contribution >= 0.6 is 15.9 Å². The average Bonchev–Trinajstić information content (AvgIpc) is 3.02. The van der Waals surface area contributed by atoms with Gasteiger partial charge in [-0.1, -0.05) is 0 Å². The van der Waals surface area contributed by atoms with Gasteiger partial charge in [-0.2, -0.15) is 0 Å². The summed E-state index contributed by atoms with van der Waals surface area (Å²) in [6.45, 7) is 3.38. The zero-order valence-electron chi connectivity index (χ0n) is 11.6. The number of hydrogen-bond acceptors (Lipinski definition) is 3. The van der Waals surface area contributed by atoms with E-state index in [-0.39, 0.29) is 11.9 Å². The Bertz CT molecular complexity index is 685. The van der Waals surface area contributed by atoms with Crippen molar-refractivity contribution in [1.82, 2.24) is 10.2 Å². The molecule has 21 heavy (non-hydrogen) atoms. The molecule has 2 aliphatic heterocycles. The maximum Gasteiger partial charge on any atom is 0.251 e. The molecule has 3 heterocycles. The summed E-state index contributed by atoms with van der Waals surface area (Å²) < 4.78 is 6.27. The lowest BCUT2D eigenvalue weighted by Crippen LogP contribution is -2.47. The van der Waals surface area contributed by atoms with E-state index >= 15 is 0 Å². The highest BCUT2D eigenvalue weighted by Crippen LogP contribution is 2.28. The highest BCUT2D eigenvalue weighted by Gasteiger charge is 2.32. The molecule has 2 saturated heterocycles. The third-order valence-corrected chi connectivity index (χ3v) is 5.20. The first-order valence-electron chi connectivity index (χ1n) is 7.39. The van der Waals surface area contributed by atoms with Crippen molar-refractivity contribution in [1.29, 1.82) is 0 Å². The normalized spacial score (nSPS) is 28.0. The monoisotopic (exact) mass is 348 g/mol. The van der Waals surface area contributed by atoms with Gasteiger partial charge >= 0.3 is 0 Å². The highest BCUT2D eigenvalue weighted by atomic mass is 79.9. The van der Waals surface area contributed by atoms with Crippen molar-refractivity contribution in [2.75, 3.05) is 19.6 Å². The summed E-state index contributed by atoms with van der Waals surface area (Å²) in [5.41, 5.74) is 1.48. The summed E-state index contributed by atoms with van der Waals surface area (Å²) in [5.74, 6) is 0.770. The van der Waals surface area contributed by atoms with E-state index in [9.17, 15) is 4.79 Å². The second kappa shape index (κ2) is 5.14.